The minimum Gasteiger partial charge on any atom is -0.361 e. The van der Waals surface area contributed by atoms with Crippen LogP contribution in [0.5, 0.6) is 0 Å². The molecule has 1 heterocycles. The molecule has 0 saturated heterocycles. The second-order valence-corrected chi connectivity index (χ2v) is 3.82. The van der Waals surface area contributed by atoms with Crippen molar-refractivity contribution < 1.29 is 4.39 Å². The second kappa shape index (κ2) is 5.23. The third kappa shape index (κ3) is 2.61. The number of anilines is 1. The molecule has 2 rings (SSSR count). The number of nitrogens with zero attached hydrogens (tertiary/aromatic N) is 3. The molecule has 18 heavy (non-hydrogen) atoms. The molecule has 90 valence electrons. The lowest BCUT2D eigenvalue weighted by Gasteiger charge is -2.15. The van der Waals surface area contributed by atoms with Gasteiger partial charge in [0, 0.05) is 0 Å². The molecule has 1 aromatic carbocycles. The van der Waals surface area contributed by atoms with Gasteiger partial charge in [-0.05, 0) is 30.7 Å². The number of nitrogens with one attached hydrogen (secondary N) is 1. The summed E-state index contributed by atoms with van der Waals surface area (Å²) in [5.74, 6) is 0.153. The highest BCUT2D eigenvalue weighted by molar-refractivity contribution is 5.51. The normalized spacial score (nSPS) is 11.6. The van der Waals surface area contributed by atoms with Crippen LogP contribution < -0.4 is 5.32 Å². The van der Waals surface area contributed by atoms with E-state index in [9.17, 15) is 4.39 Å². The fourth-order valence-electron chi connectivity index (χ4n) is 1.57. The van der Waals surface area contributed by atoms with Crippen LogP contribution in [0.3, 0.4) is 0 Å². The molecule has 0 bridgehead atoms. The predicted octanol–water partition coefficient (Wildman–Crippen LogP) is 2.66. The van der Waals surface area contributed by atoms with Gasteiger partial charge in [-0.1, -0.05) is 12.1 Å². The van der Waals surface area contributed by atoms with Gasteiger partial charge in [0.25, 0.3) is 0 Å². The first kappa shape index (κ1) is 12.0. The molecule has 0 radical (unpaired) electrons. The summed E-state index contributed by atoms with van der Waals surface area (Å²) >= 11 is 0. The molecular weight excluding hydrogens is 231 g/mol. The van der Waals surface area contributed by atoms with Crippen LogP contribution in [0.1, 0.15) is 24.1 Å². The SMILES string of the molecule is CC(Nc1nnccc1C#N)c1ccc(F)cc1. The Morgan fingerprint density at radius 3 is 2.67 bits per heavy atom. The van der Waals surface area contributed by atoms with Gasteiger partial charge in [0.05, 0.1) is 17.8 Å². The van der Waals surface area contributed by atoms with E-state index in [-0.39, 0.29) is 11.9 Å². The standard InChI is InChI=1S/C13H11FN4/c1-9(10-2-4-12(14)5-3-10)17-13-11(8-15)6-7-16-18-13/h2-7,9H,1H3,(H,17,18). The van der Waals surface area contributed by atoms with Crippen LogP contribution >= 0.6 is 0 Å². The average molecular weight is 242 g/mol. The highest BCUT2D eigenvalue weighted by Gasteiger charge is 2.09. The van der Waals surface area contributed by atoms with E-state index in [4.69, 9.17) is 5.26 Å². The van der Waals surface area contributed by atoms with Gasteiger partial charge >= 0.3 is 0 Å². The van der Waals surface area contributed by atoms with Crippen molar-refractivity contribution in [2.75, 3.05) is 5.32 Å². The number of hydrogen-bond acceptors (Lipinski definition) is 4. The monoisotopic (exact) mass is 242 g/mol. The summed E-state index contributed by atoms with van der Waals surface area (Å²) in [5.41, 5.74) is 1.34. The third-order valence-electron chi connectivity index (χ3n) is 2.56. The Morgan fingerprint density at radius 1 is 1.28 bits per heavy atom. The number of halogens is 1. The Morgan fingerprint density at radius 2 is 2.00 bits per heavy atom. The second-order valence-electron chi connectivity index (χ2n) is 3.82. The molecule has 0 amide bonds. The quantitative estimate of drug-likeness (QED) is 0.898. The van der Waals surface area contributed by atoms with Crippen molar-refractivity contribution in [2.45, 2.75) is 13.0 Å². The maximum absolute atomic E-state index is 12.8. The van der Waals surface area contributed by atoms with Gasteiger partial charge < -0.3 is 5.32 Å². The first-order chi connectivity index (χ1) is 8.70. The smallest absolute Gasteiger partial charge is 0.167 e. The van der Waals surface area contributed by atoms with Crippen LogP contribution in [0.2, 0.25) is 0 Å². The van der Waals surface area contributed by atoms with Gasteiger partial charge in [0.1, 0.15) is 11.9 Å². The van der Waals surface area contributed by atoms with E-state index in [2.05, 4.69) is 15.5 Å². The lowest BCUT2D eigenvalue weighted by atomic mass is 10.1. The van der Waals surface area contributed by atoms with Crippen molar-refractivity contribution in [1.82, 2.24) is 10.2 Å². The molecule has 0 aliphatic carbocycles. The van der Waals surface area contributed by atoms with E-state index in [0.717, 1.165) is 5.56 Å². The Hall–Kier alpha value is -2.48. The molecule has 0 fully saturated rings. The molecule has 2 aromatic rings. The van der Waals surface area contributed by atoms with E-state index in [1.807, 2.05) is 13.0 Å². The Labute approximate surface area is 104 Å². The van der Waals surface area contributed by atoms with E-state index in [1.54, 1.807) is 18.2 Å². The van der Waals surface area contributed by atoms with Gasteiger partial charge in [0.15, 0.2) is 5.82 Å². The maximum atomic E-state index is 12.8. The first-order valence-electron chi connectivity index (χ1n) is 5.44. The van der Waals surface area contributed by atoms with Gasteiger partial charge in [0.2, 0.25) is 0 Å². The molecule has 4 nitrogen and oxygen atoms in total. The van der Waals surface area contributed by atoms with Crippen molar-refractivity contribution in [1.29, 1.82) is 5.26 Å². The zero-order valence-electron chi connectivity index (χ0n) is 9.76. The molecular formula is C13H11FN4. The van der Waals surface area contributed by atoms with Gasteiger partial charge in [-0.25, -0.2) is 4.39 Å². The number of benzene rings is 1. The molecule has 1 N–H and O–H groups in total. The van der Waals surface area contributed by atoms with Crippen LogP contribution in [-0.2, 0) is 0 Å². The van der Waals surface area contributed by atoms with E-state index in [1.165, 1.54) is 18.3 Å². The summed E-state index contributed by atoms with van der Waals surface area (Å²) < 4.78 is 12.8. The van der Waals surface area contributed by atoms with Crippen LogP contribution in [0.15, 0.2) is 36.5 Å². The van der Waals surface area contributed by atoms with E-state index >= 15 is 0 Å². The molecule has 0 spiro atoms. The fraction of sp³-hybridized carbons (Fsp3) is 0.154. The van der Waals surface area contributed by atoms with E-state index < -0.39 is 0 Å². The number of nitriles is 1. The van der Waals surface area contributed by atoms with Crippen molar-refractivity contribution in [3.05, 3.63) is 53.5 Å². The summed E-state index contributed by atoms with van der Waals surface area (Å²) in [6.07, 6.45) is 1.46. The summed E-state index contributed by atoms with van der Waals surface area (Å²) in [7, 11) is 0. The Kier molecular flexibility index (Phi) is 3.49. The zero-order valence-corrected chi connectivity index (χ0v) is 9.76. The lowest BCUT2D eigenvalue weighted by Crippen LogP contribution is -2.09. The largest absolute Gasteiger partial charge is 0.361 e. The lowest BCUT2D eigenvalue weighted by molar-refractivity contribution is 0.626. The predicted molar refractivity (Wildman–Crippen MR) is 65.2 cm³/mol. The van der Waals surface area contributed by atoms with Crippen molar-refractivity contribution in [2.24, 2.45) is 0 Å². The Balaban J connectivity index is 2.19. The van der Waals surface area contributed by atoms with Crippen LogP contribution in [0.4, 0.5) is 10.2 Å². The average Bonchev–Trinajstić information content (AvgIpc) is 2.40. The fourth-order valence-corrected chi connectivity index (χ4v) is 1.57. The maximum Gasteiger partial charge on any atom is 0.167 e. The Bertz CT molecular complexity index is 574. The zero-order chi connectivity index (χ0) is 13.0. The van der Waals surface area contributed by atoms with Gasteiger partial charge in [-0.15, -0.1) is 5.10 Å². The highest BCUT2D eigenvalue weighted by atomic mass is 19.1. The van der Waals surface area contributed by atoms with Crippen molar-refractivity contribution in [3.63, 3.8) is 0 Å². The number of hydrogen-bond donors (Lipinski definition) is 1. The van der Waals surface area contributed by atoms with Crippen LogP contribution in [0, 0.1) is 17.1 Å². The van der Waals surface area contributed by atoms with Crippen molar-refractivity contribution >= 4 is 5.82 Å². The summed E-state index contributed by atoms with van der Waals surface area (Å²) in [6.45, 7) is 1.91. The molecule has 5 heteroatoms. The van der Waals surface area contributed by atoms with Gasteiger partial charge in [-0.2, -0.15) is 10.4 Å². The number of rotatable bonds is 3. The minimum atomic E-state index is -0.275. The number of aromatic nitrogens is 2. The summed E-state index contributed by atoms with van der Waals surface area (Å²) in [4.78, 5) is 0. The topological polar surface area (TPSA) is 61.6 Å². The summed E-state index contributed by atoms with van der Waals surface area (Å²) in [6, 6.07) is 9.71. The summed E-state index contributed by atoms with van der Waals surface area (Å²) in [5, 5.41) is 19.6. The van der Waals surface area contributed by atoms with Crippen LogP contribution in [0.25, 0.3) is 0 Å². The van der Waals surface area contributed by atoms with Crippen molar-refractivity contribution in [3.8, 4) is 6.07 Å². The van der Waals surface area contributed by atoms with E-state index in [0.29, 0.717) is 11.4 Å². The molecule has 0 saturated carbocycles. The first-order valence-corrected chi connectivity index (χ1v) is 5.44. The minimum absolute atomic E-state index is 0.0885. The third-order valence-corrected chi connectivity index (χ3v) is 2.56. The van der Waals surface area contributed by atoms with Gasteiger partial charge in [-0.3, -0.25) is 0 Å². The highest BCUT2D eigenvalue weighted by Crippen LogP contribution is 2.19. The molecule has 1 atom stereocenters. The van der Waals surface area contributed by atoms with Crippen LogP contribution in [-0.4, -0.2) is 10.2 Å². The molecule has 1 aromatic heterocycles. The molecule has 1 unspecified atom stereocenters. The molecule has 0 aliphatic rings. The molecule has 0 aliphatic heterocycles.